The molecule has 1 aliphatic rings. The topological polar surface area (TPSA) is 121 Å². The van der Waals surface area contributed by atoms with Crippen molar-refractivity contribution in [2.75, 3.05) is 20.0 Å². The molecule has 0 atom stereocenters. The number of rotatable bonds is 10. The van der Waals surface area contributed by atoms with E-state index in [0.717, 1.165) is 10.1 Å². The lowest BCUT2D eigenvalue weighted by Crippen LogP contribution is -2.35. The summed E-state index contributed by atoms with van der Waals surface area (Å²) in [6.07, 6.45) is 0.499. The second-order valence-electron chi connectivity index (χ2n) is 7.67. The van der Waals surface area contributed by atoms with Crippen molar-refractivity contribution in [2.45, 2.75) is 39.8 Å². The number of benzene rings is 2. The summed E-state index contributed by atoms with van der Waals surface area (Å²) in [5.41, 5.74) is 0.282. The molecular weight excluding hydrogens is 442 g/mol. The van der Waals surface area contributed by atoms with E-state index in [1.54, 1.807) is 18.2 Å². The van der Waals surface area contributed by atoms with Crippen LogP contribution < -0.4 is 35.5 Å². The molecule has 0 spiro atoms. The number of aromatic nitrogens is 2. The van der Waals surface area contributed by atoms with Crippen LogP contribution in [0.4, 0.5) is 0 Å². The van der Waals surface area contributed by atoms with Crippen LogP contribution in [0.25, 0.3) is 10.9 Å². The molecular formula is C24H27N3O7. The second-order valence-corrected chi connectivity index (χ2v) is 7.67. The second kappa shape index (κ2) is 10.3. The SMILES string of the molecule is CCOc1cc2[nH]c(=O)n(CCCC(=O)NCc3ccc4c(c3)OCO4)c(=O)c2cc1OCC. The van der Waals surface area contributed by atoms with Crippen molar-refractivity contribution in [1.29, 1.82) is 0 Å². The smallest absolute Gasteiger partial charge is 0.328 e. The lowest BCUT2D eigenvalue weighted by Gasteiger charge is -2.13. The van der Waals surface area contributed by atoms with Gasteiger partial charge in [-0.25, -0.2) is 4.79 Å². The molecule has 0 saturated carbocycles. The van der Waals surface area contributed by atoms with E-state index in [1.165, 1.54) is 0 Å². The number of hydrogen-bond donors (Lipinski definition) is 2. The van der Waals surface area contributed by atoms with E-state index in [9.17, 15) is 14.4 Å². The summed E-state index contributed by atoms with van der Waals surface area (Å²) in [5, 5.41) is 3.15. The summed E-state index contributed by atoms with van der Waals surface area (Å²) >= 11 is 0. The lowest BCUT2D eigenvalue weighted by atomic mass is 10.2. The Labute approximate surface area is 195 Å². The van der Waals surface area contributed by atoms with Crippen molar-refractivity contribution in [3.63, 3.8) is 0 Å². The van der Waals surface area contributed by atoms with E-state index >= 15 is 0 Å². The number of nitrogens with one attached hydrogen (secondary N) is 2. The van der Waals surface area contributed by atoms with Gasteiger partial charge in [-0.1, -0.05) is 6.07 Å². The van der Waals surface area contributed by atoms with E-state index in [-0.39, 0.29) is 25.7 Å². The number of fused-ring (bicyclic) bond motifs is 2. The van der Waals surface area contributed by atoms with E-state index in [2.05, 4.69) is 10.3 Å². The molecule has 4 rings (SSSR count). The van der Waals surface area contributed by atoms with Crippen LogP contribution in [-0.4, -0.2) is 35.5 Å². The summed E-state index contributed by atoms with van der Waals surface area (Å²) < 4.78 is 22.9. The molecule has 2 aromatic carbocycles. The quantitative estimate of drug-likeness (QED) is 0.467. The Morgan fingerprint density at radius 3 is 2.56 bits per heavy atom. The molecule has 1 aliphatic heterocycles. The van der Waals surface area contributed by atoms with Gasteiger partial charge in [0.15, 0.2) is 23.0 Å². The fourth-order valence-electron chi connectivity index (χ4n) is 3.74. The molecule has 1 aromatic heterocycles. The maximum Gasteiger partial charge on any atom is 0.328 e. The molecule has 0 bridgehead atoms. The molecule has 2 heterocycles. The van der Waals surface area contributed by atoms with E-state index in [0.29, 0.717) is 60.1 Å². The molecule has 180 valence electrons. The Balaban J connectivity index is 1.40. The molecule has 3 aromatic rings. The Hall–Kier alpha value is -3.95. The zero-order chi connectivity index (χ0) is 24.1. The van der Waals surface area contributed by atoms with Crippen LogP contribution in [0.1, 0.15) is 32.3 Å². The van der Waals surface area contributed by atoms with Crippen molar-refractivity contribution < 1.29 is 23.7 Å². The van der Waals surface area contributed by atoms with Gasteiger partial charge < -0.3 is 29.2 Å². The monoisotopic (exact) mass is 469 g/mol. The Bertz CT molecular complexity index is 1310. The number of nitrogens with zero attached hydrogens (tertiary/aromatic N) is 1. The fourth-order valence-corrected chi connectivity index (χ4v) is 3.74. The fraction of sp³-hybridized carbons (Fsp3) is 0.375. The van der Waals surface area contributed by atoms with Crippen molar-refractivity contribution in [3.8, 4) is 23.0 Å². The van der Waals surface area contributed by atoms with E-state index < -0.39 is 11.2 Å². The highest BCUT2D eigenvalue weighted by atomic mass is 16.7. The number of ether oxygens (including phenoxy) is 4. The largest absolute Gasteiger partial charge is 0.490 e. The Morgan fingerprint density at radius 2 is 1.79 bits per heavy atom. The van der Waals surface area contributed by atoms with Gasteiger partial charge >= 0.3 is 5.69 Å². The standard InChI is InChI=1S/C24H27N3O7/c1-3-31-20-11-16-17(12-21(20)32-4-2)26-24(30)27(23(16)29)9-5-6-22(28)25-13-15-7-8-18-19(10-15)34-14-33-18/h7-8,10-12H,3-6,9,13-14H2,1-2H3,(H,25,28)(H,26,30). The van der Waals surface area contributed by atoms with Gasteiger partial charge in [-0.05, 0) is 44.0 Å². The zero-order valence-corrected chi connectivity index (χ0v) is 19.1. The predicted octanol–water partition coefficient (Wildman–Crippen LogP) is 2.31. The summed E-state index contributed by atoms with van der Waals surface area (Å²) in [4.78, 5) is 40.5. The summed E-state index contributed by atoms with van der Waals surface area (Å²) in [6.45, 7) is 5.15. The highest BCUT2D eigenvalue weighted by molar-refractivity contribution is 5.81. The molecule has 0 aliphatic carbocycles. The van der Waals surface area contributed by atoms with Gasteiger partial charge in [0.05, 0.1) is 24.1 Å². The number of carbonyl (C=O) groups is 1. The lowest BCUT2D eigenvalue weighted by molar-refractivity contribution is -0.121. The normalized spacial score (nSPS) is 12.1. The highest BCUT2D eigenvalue weighted by Crippen LogP contribution is 2.32. The third-order valence-electron chi connectivity index (χ3n) is 5.36. The minimum atomic E-state index is -0.537. The van der Waals surface area contributed by atoms with Crippen molar-refractivity contribution >= 4 is 16.8 Å². The van der Waals surface area contributed by atoms with E-state index in [1.807, 2.05) is 26.0 Å². The molecule has 34 heavy (non-hydrogen) atoms. The minimum Gasteiger partial charge on any atom is -0.490 e. The van der Waals surface area contributed by atoms with Gasteiger partial charge in [0.2, 0.25) is 12.7 Å². The summed E-state index contributed by atoms with van der Waals surface area (Å²) in [5.74, 6) is 2.06. The van der Waals surface area contributed by atoms with Gasteiger partial charge in [-0.15, -0.1) is 0 Å². The Kier molecular flexibility index (Phi) is 7.05. The maximum absolute atomic E-state index is 13.0. The van der Waals surface area contributed by atoms with Crippen LogP contribution >= 0.6 is 0 Å². The number of hydrogen-bond acceptors (Lipinski definition) is 7. The Morgan fingerprint density at radius 1 is 1.06 bits per heavy atom. The zero-order valence-electron chi connectivity index (χ0n) is 19.1. The van der Waals surface area contributed by atoms with Crippen LogP contribution in [0.3, 0.4) is 0 Å². The molecule has 10 heteroatoms. The number of H-pyrrole nitrogens is 1. The van der Waals surface area contributed by atoms with Gasteiger partial charge in [0, 0.05) is 25.6 Å². The first-order valence-electron chi connectivity index (χ1n) is 11.2. The highest BCUT2D eigenvalue weighted by Gasteiger charge is 2.15. The van der Waals surface area contributed by atoms with Crippen LogP contribution in [0.2, 0.25) is 0 Å². The van der Waals surface area contributed by atoms with Gasteiger partial charge in [-0.2, -0.15) is 0 Å². The molecule has 0 saturated heterocycles. The summed E-state index contributed by atoms with van der Waals surface area (Å²) in [7, 11) is 0. The first kappa shape index (κ1) is 23.2. The number of carbonyl (C=O) groups excluding carboxylic acids is 1. The molecule has 1 amide bonds. The van der Waals surface area contributed by atoms with E-state index in [4.69, 9.17) is 18.9 Å². The average molecular weight is 469 g/mol. The molecule has 0 fully saturated rings. The predicted molar refractivity (Wildman–Crippen MR) is 125 cm³/mol. The molecule has 0 radical (unpaired) electrons. The van der Waals surface area contributed by atoms with Crippen LogP contribution in [0.5, 0.6) is 23.0 Å². The molecule has 0 unspecified atom stereocenters. The van der Waals surface area contributed by atoms with Crippen molar-refractivity contribution in [2.24, 2.45) is 0 Å². The average Bonchev–Trinajstić information content (AvgIpc) is 3.29. The van der Waals surface area contributed by atoms with Crippen molar-refractivity contribution in [3.05, 3.63) is 56.7 Å². The van der Waals surface area contributed by atoms with Gasteiger partial charge in [-0.3, -0.25) is 14.2 Å². The van der Waals surface area contributed by atoms with Gasteiger partial charge in [0.1, 0.15) is 0 Å². The molecule has 2 N–H and O–H groups in total. The van der Waals surface area contributed by atoms with Crippen LogP contribution in [0, 0.1) is 0 Å². The van der Waals surface area contributed by atoms with Crippen LogP contribution in [0.15, 0.2) is 39.9 Å². The first-order valence-corrected chi connectivity index (χ1v) is 11.2. The first-order chi connectivity index (χ1) is 16.5. The number of aromatic amines is 1. The third-order valence-corrected chi connectivity index (χ3v) is 5.36. The summed E-state index contributed by atoms with van der Waals surface area (Å²) in [6, 6.07) is 8.66. The number of amides is 1. The van der Waals surface area contributed by atoms with Gasteiger partial charge in [0.25, 0.3) is 5.56 Å². The minimum absolute atomic E-state index is 0.110. The maximum atomic E-state index is 13.0. The molecule has 10 nitrogen and oxygen atoms in total. The van der Waals surface area contributed by atoms with Crippen LogP contribution in [-0.2, 0) is 17.9 Å². The van der Waals surface area contributed by atoms with Crippen molar-refractivity contribution in [1.82, 2.24) is 14.9 Å². The third kappa shape index (κ3) is 5.00.